The van der Waals surface area contributed by atoms with Crippen LogP contribution in [0, 0.1) is 6.92 Å². The molecule has 0 amide bonds. The zero-order chi connectivity index (χ0) is 20.0. The second kappa shape index (κ2) is 6.49. The molecule has 0 aliphatic rings. The molecule has 4 heterocycles. The first-order valence-electron chi connectivity index (χ1n) is 9.05. The molecule has 2 N–H and O–H groups in total. The number of fused-ring (bicyclic) bond motifs is 3. The minimum Gasteiger partial charge on any atom is -0.368 e. The normalized spacial score (nSPS) is 11.2. The van der Waals surface area contributed by atoms with Gasteiger partial charge in [0.1, 0.15) is 0 Å². The number of nitrogens with zero attached hydrogens (tertiary/aromatic N) is 5. The van der Waals surface area contributed by atoms with Crippen molar-refractivity contribution >= 4 is 27.8 Å². The summed E-state index contributed by atoms with van der Waals surface area (Å²) < 4.78 is 1.68. The van der Waals surface area contributed by atoms with Crippen LogP contribution in [-0.2, 0) is 0 Å². The van der Waals surface area contributed by atoms with Crippen LogP contribution in [0.5, 0.6) is 0 Å². The summed E-state index contributed by atoms with van der Waals surface area (Å²) in [5, 5.41) is 1.72. The van der Waals surface area contributed by atoms with Gasteiger partial charge in [-0.2, -0.15) is 0 Å². The Bertz CT molecular complexity index is 1420. The van der Waals surface area contributed by atoms with Crippen molar-refractivity contribution in [1.82, 2.24) is 24.5 Å². The molecule has 0 fully saturated rings. The quantitative estimate of drug-likeness (QED) is 0.472. The van der Waals surface area contributed by atoms with Crippen LogP contribution in [0.3, 0.4) is 0 Å². The Labute approximate surface area is 165 Å². The number of hydrogen-bond acceptors (Lipinski definition) is 6. The van der Waals surface area contributed by atoms with Crippen molar-refractivity contribution in [3.05, 3.63) is 83.3 Å². The van der Waals surface area contributed by atoms with Crippen molar-refractivity contribution in [2.75, 3.05) is 5.73 Å². The van der Waals surface area contributed by atoms with Crippen molar-refractivity contribution in [1.29, 1.82) is 0 Å². The summed E-state index contributed by atoms with van der Waals surface area (Å²) in [6.07, 6.45) is 6.85. The maximum atomic E-state index is 12.8. The lowest BCUT2D eigenvalue weighted by Gasteiger charge is -2.13. The number of aryl methyl sites for hydroxylation is 1. The molecule has 5 rings (SSSR count). The lowest BCUT2D eigenvalue weighted by atomic mass is 10.0. The molecular weight excluding hydrogens is 364 g/mol. The monoisotopic (exact) mass is 380 g/mol. The Balaban J connectivity index is 1.86. The highest BCUT2D eigenvalue weighted by Gasteiger charge is 2.12. The van der Waals surface area contributed by atoms with Crippen LogP contribution in [0.15, 0.2) is 72.0 Å². The molecule has 0 bridgehead atoms. The molecule has 0 aliphatic heterocycles. The Morgan fingerprint density at radius 2 is 1.66 bits per heavy atom. The van der Waals surface area contributed by atoms with E-state index in [9.17, 15) is 4.79 Å². The van der Waals surface area contributed by atoms with E-state index >= 15 is 0 Å². The number of pyridine rings is 3. The van der Waals surface area contributed by atoms with Gasteiger partial charge in [-0.15, -0.1) is 0 Å². The fraction of sp³-hybridized carbons (Fsp3) is 0.0455. The average Bonchev–Trinajstić information content (AvgIpc) is 2.74. The predicted molar refractivity (Wildman–Crippen MR) is 113 cm³/mol. The van der Waals surface area contributed by atoms with Crippen LogP contribution < -0.4 is 11.3 Å². The first-order valence-corrected chi connectivity index (χ1v) is 9.05. The fourth-order valence-electron chi connectivity index (χ4n) is 3.43. The molecule has 5 aromatic rings. The van der Waals surface area contributed by atoms with Crippen LogP contribution in [-0.4, -0.2) is 24.5 Å². The zero-order valence-corrected chi connectivity index (χ0v) is 15.6. The van der Waals surface area contributed by atoms with E-state index in [1.807, 2.05) is 37.3 Å². The third-order valence-corrected chi connectivity index (χ3v) is 4.88. The second-order valence-electron chi connectivity index (χ2n) is 6.79. The molecule has 7 nitrogen and oxygen atoms in total. The van der Waals surface area contributed by atoms with Crippen LogP contribution in [0.4, 0.5) is 5.95 Å². The molecule has 4 aromatic heterocycles. The van der Waals surface area contributed by atoms with Gasteiger partial charge in [0.05, 0.1) is 22.9 Å². The van der Waals surface area contributed by atoms with Gasteiger partial charge in [0.2, 0.25) is 5.95 Å². The van der Waals surface area contributed by atoms with E-state index in [0.717, 1.165) is 38.6 Å². The molecule has 0 saturated carbocycles. The molecule has 29 heavy (non-hydrogen) atoms. The number of anilines is 1. The van der Waals surface area contributed by atoms with E-state index in [1.165, 1.54) is 0 Å². The topological polar surface area (TPSA) is 99.6 Å². The van der Waals surface area contributed by atoms with Crippen LogP contribution in [0.25, 0.3) is 38.6 Å². The SMILES string of the molecule is Cc1ccc(-n2c(=O)ccc3cnc4ccc(-c5cnc(N)nc5)cc4c32)cn1. The van der Waals surface area contributed by atoms with Crippen LogP contribution in [0.2, 0.25) is 0 Å². The summed E-state index contributed by atoms with van der Waals surface area (Å²) >= 11 is 0. The number of nitrogen functional groups attached to an aromatic ring is 1. The molecular formula is C22H16N6O. The lowest BCUT2D eigenvalue weighted by molar-refractivity contribution is 1.02. The number of aromatic nitrogens is 5. The van der Waals surface area contributed by atoms with Crippen LogP contribution >= 0.6 is 0 Å². The highest BCUT2D eigenvalue weighted by molar-refractivity contribution is 6.05. The largest absolute Gasteiger partial charge is 0.368 e. The Morgan fingerprint density at radius 1 is 0.828 bits per heavy atom. The number of rotatable bonds is 2. The van der Waals surface area contributed by atoms with Crippen molar-refractivity contribution in [3.63, 3.8) is 0 Å². The van der Waals surface area contributed by atoms with Gasteiger partial charge in [0.25, 0.3) is 5.56 Å². The van der Waals surface area contributed by atoms with Crippen molar-refractivity contribution in [2.45, 2.75) is 6.92 Å². The summed E-state index contributed by atoms with van der Waals surface area (Å²) in [6, 6.07) is 13.0. The standard InChI is InChI=1S/C22H16N6O/c1-13-2-5-17(12-24-13)28-20(29)7-4-15-9-25-19-6-3-14(8-18(19)21(15)28)16-10-26-22(23)27-11-16/h2-12H,1H3,(H2,23,26,27). The van der Waals surface area contributed by atoms with Crippen molar-refractivity contribution < 1.29 is 0 Å². The van der Waals surface area contributed by atoms with E-state index in [-0.39, 0.29) is 11.5 Å². The third-order valence-electron chi connectivity index (χ3n) is 4.88. The van der Waals surface area contributed by atoms with E-state index in [4.69, 9.17) is 5.73 Å². The minimum absolute atomic E-state index is 0.128. The Morgan fingerprint density at radius 3 is 2.41 bits per heavy atom. The second-order valence-corrected chi connectivity index (χ2v) is 6.79. The molecule has 0 spiro atoms. The Kier molecular flexibility index (Phi) is 3.80. The van der Waals surface area contributed by atoms with Crippen molar-refractivity contribution in [2.24, 2.45) is 0 Å². The molecule has 0 atom stereocenters. The molecule has 0 aliphatic carbocycles. The smallest absolute Gasteiger partial charge is 0.255 e. The highest BCUT2D eigenvalue weighted by atomic mass is 16.1. The minimum atomic E-state index is -0.128. The van der Waals surface area contributed by atoms with Gasteiger partial charge < -0.3 is 5.73 Å². The summed E-state index contributed by atoms with van der Waals surface area (Å²) in [4.78, 5) is 29.9. The van der Waals surface area contributed by atoms with Crippen molar-refractivity contribution in [3.8, 4) is 16.8 Å². The van der Waals surface area contributed by atoms with E-state index in [2.05, 4.69) is 19.9 Å². The molecule has 1 aromatic carbocycles. The van der Waals surface area contributed by atoms with Gasteiger partial charge in [0, 0.05) is 46.7 Å². The summed E-state index contributed by atoms with van der Waals surface area (Å²) in [7, 11) is 0. The van der Waals surface area contributed by atoms with E-state index in [1.54, 1.807) is 41.5 Å². The third kappa shape index (κ3) is 2.89. The first-order chi connectivity index (χ1) is 14.1. The first kappa shape index (κ1) is 17.0. The predicted octanol–water partition coefficient (Wildman–Crippen LogP) is 3.28. The molecule has 0 unspecified atom stereocenters. The van der Waals surface area contributed by atoms with Gasteiger partial charge in [-0.1, -0.05) is 6.07 Å². The van der Waals surface area contributed by atoms with Crippen LogP contribution in [0.1, 0.15) is 5.69 Å². The Hall–Kier alpha value is -4.13. The van der Waals surface area contributed by atoms with E-state index < -0.39 is 0 Å². The zero-order valence-electron chi connectivity index (χ0n) is 15.6. The van der Waals surface area contributed by atoms with Gasteiger partial charge in [-0.3, -0.25) is 19.3 Å². The van der Waals surface area contributed by atoms with E-state index in [0.29, 0.717) is 5.69 Å². The molecule has 0 saturated heterocycles. The number of nitrogens with two attached hydrogens (primary N) is 1. The maximum Gasteiger partial charge on any atom is 0.255 e. The van der Waals surface area contributed by atoms with Gasteiger partial charge >= 0.3 is 0 Å². The fourth-order valence-corrected chi connectivity index (χ4v) is 3.43. The van der Waals surface area contributed by atoms with Gasteiger partial charge in [0.15, 0.2) is 0 Å². The lowest BCUT2D eigenvalue weighted by Crippen LogP contribution is -2.18. The van der Waals surface area contributed by atoms with Gasteiger partial charge in [-0.25, -0.2) is 9.97 Å². The summed E-state index contributed by atoms with van der Waals surface area (Å²) in [6.45, 7) is 1.91. The van der Waals surface area contributed by atoms with Gasteiger partial charge in [-0.05, 0) is 42.8 Å². The molecule has 140 valence electrons. The summed E-state index contributed by atoms with van der Waals surface area (Å²) in [5.74, 6) is 0.224. The number of hydrogen-bond donors (Lipinski definition) is 1. The average molecular weight is 380 g/mol. The maximum absolute atomic E-state index is 12.8. The highest BCUT2D eigenvalue weighted by Crippen LogP contribution is 2.29. The molecule has 0 radical (unpaired) electrons. The molecule has 7 heteroatoms. The summed E-state index contributed by atoms with van der Waals surface area (Å²) in [5.41, 5.74) is 10.4. The number of benzene rings is 1.